The van der Waals surface area contributed by atoms with E-state index in [4.69, 9.17) is 0 Å². The molecule has 6 heteroatoms. The van der Waals surface area contributed by atoms with E-state index in [1.54, 1.807) is 20.8 Å². The molecule has 0 aromatic carbocycles. The third-order valence-corrected chi connectivity index (χ3v) is 1.01. The Labute approximate surface area is 138 Å². The quantitative estimate of drug-likeness (QED) is 0.250. The van der Waals surface area contributed by atoms with E-state index in [9.17, 15) is 4.79 Å². The topological polar surface area (TPSA) is 26.3 Å². The predicted octanol–water partition coefficient (Wildman–Crippen LogP) is -6.52. The molecular formula is C11H16Cl3O2Ti-2. The van der Waals surface area contributed by atoms with E-state index in [2.05, 4.69) is 23.8 Å². The number of hydrogen-bond acceptors (Lipinski definition) is 2. The molecule has 0 heterocycles. The molecule has 17 heavy (non-hydrogen) atoms. The Morgan fingerprint density at radius 2 is 1.76 bits per heavy atom. The smallest absolute Gasteiger partial charge is 1.00 e. The minimum atomic E-state index is -0.475. The summed E-state index contributed by atoms with van der Waals surface area (Å²) in [4.78, 5) is 10.1. The number of rotatable bonds is 0. The van der Waals surface area contributed by atoms with Crippen molar-refractivity contribution in [2.45, 2.75) is 32.8 Å². The molecular weight excluding hydrogens is 318 g/mol. The maximum Gasteiger partial charge on any atom is 3.00 e. The normalized spacial score (nSPS) is 10.3. The van der Waals surface area contributed by atoms with Crippen molar-refractivity contribution >= 4 is 5.97 Å². The zero-order valence-corrected chi connectivity index (χ0v) is 13.9. The van der Waals surface area contributed by atoms with Gasteiger partial charge in [-0.1, -0.05) is 0 Å². The molecule has 1 aliphatic rings. The van der Waals surface area contributed by atoms with Gasteiger partial charge in [0, 0.05) is 0 Å². The fourth-order valence-corrected chi connectivity index (χ4v) is 0.682. The standard InChI is InChI=1S/C6H11O2.C5H5.3ClH.Ti/c1-5(7)8-6(2,3)4;1-2-4-5-3-1;;;;/h1H2,2-4H3;1-3H,4H2;3*1H;/q2*-1;;;;+3/p-3. The van der Waals surface area contributed by atoms with Gasteiger partial charge < -0.3 is 42.0 Å². The molecule has 0 saturated heterocycles. The van der Waals surface area contributed by atoms with Crippen LogP contribution in [0.25, 0.3) is 0 Å². The van der Waals surface area contributed by atoms with Gasteiger partial charge in [-0.3, -0.25) is 17.8 Å². The van der Waals surface area contributed by atoms with Crippen LogP contribution in [-0.2, 0) is 31.2 Å². The fourth-order valence-electron chi connectivity index (χ4n) is 0.682. The molecule has 0 saturated carbocycles. The summed E-state index contributed by atoms with van der Waals surface area (Å²) in [5, 5.41) is 0. The van der Waals surface area contributed by atoms with Gasteiger partial charge in [-0.25, -0.2) is 12.2 Å². The molecule has 99 valence electrons. The van der Waals surface area contributed by atoms with Gasteiger partial charge in [0.1, 0.15) is 5.60 Å². The van der Waals surface area contributed by atoms with Gasteiger partial charge in [-0.05, 0) is 20.8 Å². The van der Waals surface area contributed by atoms with Crippen molar-refractivity contribution in [3.05, 3.63) is 31.2 Å². The van der Waals surface area contributed by atoms with Crippen molar-refractivity contribution < 1.29 is 68.5 Å². The van der Waals surface area contributed by atoms with Crippen molar-refractivity contribution in [3.63, 3.8) is 0 Å². The minimum Gasteiger partial charge on any atom is -1.00 e. The maximum atomic E-state index is 10.1. The molecule has 1 aliphatic carbocycles. The number of allylic oxidation sites excluding steroid dienone is 4. The first-order chi connectivity index (χ1) is 5.92. The number of esters is 1. The molecule has 0 unspecified atom stereocenters. The summed E-state index contributed by atoms with van der Waals surface area (Å²) in [7, 11) is 0. The third kappa shape index (κ3) is 31.4. The molecule has 2 nitrogen and oxygen atoms in total. The Bertz CT molecular complexity index is 213. The molecule has 0 N–H and O–H groups in total. The van der Waals surface area contributed by atoms with Gasteiger partial charge in [-0.2, -0.15) is 6.08 Å². The molecule has 0 amide bonds. The summed E-state index contributed by atoms with van der Waals surface area (Å²) in [6, 6.07) is 0. The molecule has 0 aliphatic heterocycles. The van der Waals surface area contributed by atoms with Gasteiger partial charge in [0.25, 0.3) is 0 Å². The van der Waals surface area contributed by atoms with Crippen LogP contribution in [0.1, 0.15) is 27.2 Å². The fraction of sp³-hybridized carbons (Fsp3) is 0.455. The summed E-state index contributed by atoms with van der Waals surface area (Å²) in [6.07, 6.45) is 10.0. The second kappa shape index (κ2) is 16.4. The van der Waals surface area contributed by atoms with E-state index in [1.165, 1.54) is 0 Å². The molecule has 0 atom stereocenters. The minimum absolute atomic E-state index is 0. The average molecular weight is 334 g/mol. The third-order valence-electron chi connectivity index (χ3n) is 1.01. The number of ether oxygens (including phenoxy) is 1. The number of halogens is 3. The first kappa shape index (κ1) is 30.4. The van der Waals surface area contributed by atoms with Crippen molar-refractivity contribution in [3.8, 4) is 0 Å². The van der Waals surface area contributed by atoms with Gasteiger partial charge in [0.05, 0.1) is 0 Å². The van der Waals surface area contributed by atoms with Crippen LogP contribution >= 0.6 is 0 Å². The van der Waals surface area contributed by atoms with Crippen LogP contribution in [0.5, 0.6) is 0 Å². The average Bonchev–Trinajstić information content (AvgIpc) is 2.33. The molecule has 0 aromatic heterocycles. The zero-order valence-electron chi connectivity index (χ0n) is 10.1. The molecule has 1 rings (SSSR count). The molecule has 0 bridgehead atoms. The summed E-state index contributed by atoms with van der Waals surface area (Å²) >= 11 is 0. The van der Waals surface area contributed by atoms with Gasteiger partial charge in [0.2, 0.25) is 0 Å². The molecule has 0 aromatic rings. The van der Waals surface area contributed by atoms with Crippen LogP contribution in [0.2, 0.25) is 0 Å². The number of carbonyl (C=O) groups is 1. The molecule has 0 spiro atoms. The van der Waals surface area contributed by atoms with Gasteiger partial charge in [-0.15, -0.1) is 6.42 Å². The van der Waals surface area contributed by atoms with E-state index < -0.39 is 11.6 Å². The van der Waals surface area contributed by atoms with Crippen molar-refractivity contribution in [2.75, 3.05) is 0 Å². The van der Waals surface area contributed by atoms with Crippen molar-refractivity contribution in [1.29, 1.82) is 0 Å². The van der Waals surface area contributed by atoms with Gasteiger partial charge in [0.15, 0.2) is 5.97 Å². The summed E-state index contributed by atoms with van der Waals surface area (Å²) in [5.74, 6) is -0.475. The first-order valence-corrected chi connectivity index (χ1v) is 4.18. The Balaban J connectivity index is -0.0000000478. The van der Waals surface area contributed by atoms with Crippen LogP contribution in [0.4, 0.5) is 0 Å². The van der Waals surface area contributed by atoms with Crippen molar-refractivity contribution in [1.82, 2.24) is 0 Å². The summed E-state index contributed by atoms with van der Waals surface area (Å²) < 4.78 is 4.69. The van der Waals surface area contributed by atoms with E-state index in [0.717, 1.165) is 6.42 Å². The predicted molar refractivity (Wildman–Crippen MR) is 52.8 cm³/mol. The zero-order chi connectivity index (χ0) is 10.3. The van der Waals surface area contributed by atoms with E-state index in [1.807, 2.05) is 12.2 Å². The second-order valence-electron chi connectivity index (χ2n) is 3.59. The first-order valence-electron chi connectivity index (χ1n) is 4.18. The van der Waals surface area contributed by atoms with Crippen LogP contribution < -0.4 is 37.2 Å². The van der Waals surface area contributed by atoms with E-state index in [-0.39, 0.29) is 58.9 Å². The van der Waals surface area contributed by atoms with Crippen molar-refractivity contribution in [2.24, 2.45) is 0 Å². The van der Waals surface area contributed by atoms with Gasteiger partial charge >= 0.3 is 21.7 Å². The number of hydrogen-bond donors (Lipinski definition) is 0. The Morgan fingerprint density at radius 1 is 1.29 bits per heavy atom. The SMILES string of the molecule is [C-]1=CC=CC1.[CH2-]C(=O)OC(C)(C)C.[Cl-].[Cl-].[Cl-].[Ti+3]. The van der Waals surface area contributed by atoms with Crippen LogP contribution in [0, 0.1) is 13.0 Å². The maximum absolute atomic E-state index is 10.1. The second-order valence-corrected chi connectivity index (χ2v) is 3.59. The van der Waals surface area contributed by atoms with Crippen LogP contribution in [-0.4, -0.2) is 11.6 Å². The Morgan fingerprint density at radius 3 is 1.82 bits per heavy atom. The number of carbonyl (C=O) groups excluding carboxylic acids is 1. The molecule has 1 radical (unpaired) electrons. The monoisotopic (exact) mass is 333 g/mol. The largest absolute Gasteiger partial charge is 3.00 e. The van der Waals surface area contributed by atoms with Crippen LogP contribution in [0.3, 0.4) is 0 Å². The summed E-state index contributed by atoms with van der Waals surface area (Å²) in [6.45, 7) is 8.47. The summed E-state index contributed by atoms with van der Waals surface area (Å²) in [5.41, 5.74) is -0.390. The Kier molecular flexibility index (Phi) is 29.4. The Hall–Kier alpha value is 0.404. The molecule has 0 fully saturated rings. The van der Waals surface area contributed by atoms with E-state index >= 15 is 0 Å². The van der Waals surface area contributed by atoms with Crippen LogP contribution in [0.15, 0.2) is 18.2 Å². The van der Waals surface area contributed by atoms with E-state index in [0.29, 0.717) is 0 Å².